The second kappa shape index (κ2) is 5.87. The van der Waals surface area contributed by atoms with E-state index in [9.17, 15) is 8.42 Å². The van der Waals surface area contributed by atoms with E-state index in [1.54, 1.807) is 24.3 Å². The summed E-state index contributed by atoms with van der Waals surface area (Å²) >= 11 is 0. The van der Waals surface area contributed by atoms with Crippen LogP contribution < -0.4 is 10.5 Å². The highest BCUT2D eigenvalue weighted by Gasteiger charge is 2.16. The largest absolute Gasteiger partial charge is 0.324 e. The van der Waals surface area contributed by atoms with Crippen LogP contribution in [0.1, 0.15) is 29.7 Å². The number of hydrogen-bond donors (Lipinski definition) is 2. The summed E-state index contributed by atoms with van der Waals surface area (Å²) < 4.78 is 27.6. The average molecular weight is 304 g/mol. The van der Waals surface area contributed by atoms with Crippen LogP contribution in [-0.2, 0) is 10.0 Å². The molecule has 2 aromatic rings. The number of rotatable bonds is 4. The third kappa shape index (κ3) is 3.62. The Labute approximate surface area is 126 Å². The normalized spacial score (nSPS) is 13.0. The molecule has 0 bridgehead atoms. The van der Waals surface area contributed by atoms with Crippen molar-refractivity contribution < 1.29 is 8.42 Å². The molecule has 2 aromatic carbocycles. The van der Waals surface area contributed by atoms with E-state index in [-0.39, 0.29) is 10.9 Å². The second-order valence-corrected chi connectivity index (χ2v) is 6.97. The molecule has 2 rings (SSSR count). The van der Waals surface area contributed by atoms with Gasteiger partial charge < -0.3 is 5.73 Å². The highest BCUT2D eigenvalue weighted by Crippen LogP contribution is 2.22. The van der Waals surface area contributed by atoms with Gasteiger partial charge in [0, 0.05) is 6.04 Å². The van der Waals surface area contributed by atoms with E-state index < -0.39 is 10.0 Å². The first kappa shape index (κ1) is 15.5. The Morgan fingerprint density at radius 2 is 1.81 bits per heavy atom. The van der Waals surface area contributed by atoms with Crippen LogP contribution in [-0.4, -0.2) is 8.42 Å². The molecule has 1 unspecified atom stereocenters. The molecule has 5 heteroatoms. The van der Waals surface area contributed by atoms with Crippen molar-refractivity contribution in [2.24, 2.45) is 5.73 Å². The minimum Gasteiger partial charge on any atom is -0.324 e. The standard InChI is InChI=1S/C16H20N2O2S/c1-11-7-8-16(12(2)9-11)18-21(19,20)15-6-4-5-14(10-15)13(3)17/h4-10,13,18H,17H2,1-3H3. The highest BCUT2D eigenvalue weighted by atomic mass is 32.2. The van der Waals surface area contributed by atoms with Crippen molar-refractivity contribution in [1.82, 2.24) is 0 Å². The quantitative estimate of drug-likeness (QED) is 0.911. The number of benzene rings is 2. The molecule has 0 spiro atoms. The van der Waals surface area contributed by atoms with Gasteiger partial charge in [-0.05, 0) is 50.1 Å². The van der Waals surface area contributed by atoms with Crippen LogP contribution in [0.5, 0.6) is 0 Å². The number of hydrogen-bond acceptors (Lipinski definition) is 3. The van der Waals surface area contributed by atoms with Crippen molar-refractivity contribution in [3.05, 3.63) is 59.2 Å². The molecule has 1 atom stereocenters. The van der Waals surface area contributed by atoms with Crippen molar-refractivity contribution in [1.29, 1.82) is 0 Å². The molecule has 0 aliphatic carbocycles. The molecule has 0 saturated carbocycles. The minimum atomic E-state index is -3.61. The van der Waals surface area contributed by atoms with Crippen molar-refractivity contribution in [3.8, 4) is 0 Å². The van der Waals surface area contributed by atoms with Gasteiger partial charge in [-0.15, -0.1) is 0 Å². The van der Waals surface area contributed by atoms with Gasteiger partial charge in [-0.25, -0.2) is 8.42 Å². The first-order valence-corrected chi connectivity index (χ1v) is 8.23. The first-order chi connectivity index (χ1) is 9.79. The lowest BCUT2D eigenvalue weighted by Gasteiger charge is -2.13. The minimum absolute atomic E-state index is 0.207. The van der Waals surface area contributed by atoms with Crippen LogP contribution in [0.2, 0.25) is 0 Å². The number of nitrogens with two attached hydrogens (primary N) is 1. The maximum Gasteiger partial charge on any atom is 0.261 e. The fraction of sp³-hybridized carbons (Fsp3) is 0.250. The SMILES string of the molecule is Cc1ccc(NS(=O)(=O)c2cccc(C(C)N)c2)c(C)c1. The maximum atomic E-state index is 12.5. The summed E-state index contributed by atoms with van der Waals surface area (Å²) in [4.78, 5) is 0.220. The van der Waals surface area contributed by atoms with E-state index in [0.29, 0.717) is 5.69 Å². The maximum absolute atomic E-state index is 12.5. The molecule has 0 saturated heterocycles. The molecule has 21 heavy (non-hydrogen) atoms. The van der Waals surface area contributed by atoms with Crippen LogP contribution >= 0.6 is 0 Å². The van der Waals surface area contributed by atoms with Crippen LogP contribution in [0.3, 0.4) is 0 Å². The summed E-state index contributed by atoms with van der Waals surface area (Å²) in [5, 5.41) is 0. The van der Waals surface area contributed by atoms with Gasteiger partial charge >= 0.3 is 0 Å². The fourth-order valence-corrected chi connectivity index (χ4v) is 3.28. The average Bonchev–Trinajstić information content (AvgIpc) is 2.42. The van der Waals surface area contributed by atoms with Crippen molar-refractivity contribution in [2.45, 2.75) is 31.7 Å². The van der Waals surface area contributed by atoms with Crippen molar-refractivity contribution in [3.63, 3.8) is 0 Å². The molecular weight excluding hydrogens is 284 g/mol. The van der Waals surface area contributed by atoms with Gasteiger partial charge in [0.1, 0.15) is 0 Å². The van der Waals surface area contributed by atoms with Crippen LogP contribution in [0.4, 0.5) is 5.69 Å². The molecular formula is C16H20N2O2S. The van der Waals surface area contributed by atoms with Gasteiger partial charge in [0.2, 0.25) is 0 Å². The van der Waals surface area contributed by atoms with E-state index in [4.69, 9.17) is 5.73 Å². The van der Waals surface area contributed by atoms with Gasteiger partial charge in [-0.3, -0.25) is 4.72 Å². The summed E-state index contributed by atoms with van der Waals surface area (Å²) in [6, 6.07) is 12.1. The molecule has 112 valence electrons. The Morgan fingerprint density at radius 1 is 1.10 bits per heavy atom. The highest BCUT2D eigenvalue weighted by molar-refractivity contribution is 7.92. The lowest BCUT2D eigenvalue weighted by molar-refractivity contribution is 0.601. The predicted molar refractivity (Wildman–Crippen MR) is 85.8 cm³/mol. The summed E-state index contributed by atoms with van der Waals surface area (Å²) in [6.45, 7) is 5.67. The van der Waals surface area contributed by atoms with Gasteiger partial charge in [0.15, 0.2) is 0 Å². The number of sulfonamides is 1. The van der Waals surface area contributed by atoms with Crippen LogP contribution in [0, 0.1) is 13.8 Å². The Balaban J connectivity index is 2.36. The third-order valence-electron chi connectivity index (χ3n) is 3.32. The van der Waals surface area contributed by atoms with Crippen LogP contribution in [0.25, 0.3) is 0 Å². The molecule has 0 fully saturated rings. The first-order valence-electron chi connectivity index (χ1n) is 6.75. The fourth-order valence-electron chi connectivity index (χ4n) is 2.10. The molecule has 0 radical (unpaired) electrons. The van der Waals surface area contributed by atoms with Crippen LogP contribution in [0.15, 0.2) is 47.4 Å². The smallest absolute Gasteiger partial charge is 0.261 e. The lowest BCUT2D eigenvalue weighted by atomic mass is 10.1. The number of aryl methyl sites for hydroxylation is 2. The number of anilines is 1. The summed E-state index contributed by atoms with van der Waals surface area (Å²) in [6.07, 6.45) is 0. The van der Waals surface area contributed by atoms with Gasteiger partial charge in [0.05, 0.1) is 10.6 Å². The van der Waals surface area contributed by atoms with E-state index >= 15 is 0 Å². The molecule has 4 nitrogen and oxygen atoms in total. The summed E-state index contributed by atoms with van der Waals surface area (Å²) in [5.41, 5.74) is 9.17. The lowest BCUT2D eigenvalue weighted by Crippen LogP contribution is -2.15. The van der Waals surface area contributed by atoms with Gasteiger partial charge in [0.25, 0.3) is 10.0 Å². The summed E-state index contributed by atoms with van der Waals surface area (Å²) in [5.74, 6) is 0. The predicted octanol–water partition coefficient (Wildman–Crippen LogP) is 3.12. The van der Waals surface area contributed by atoms with Crippen molar-refractivity contribution >= 4 is 15.7 Å². The topological polar surface area (TPSA) is 72.2 Å². The zero-order valence-corrected chi connectivity index (χ0v) is 13.2. The molecule has 3 N–H and O–H groups in total. The molecule has 0 aliphatic rings. The van der Waals surface area contributed by atoms with E-state index in [0.717, 1.165) is 16.7 Å². The van der Waals surface area contributed by atoms with Gasteiger partial charge in [-0.2, -0.15) is 0 Å². The summed E-state index contributed by atoms with van der Waals surface area (Å²) in [7, 11) is -3.61. The zero-order chi connectivity index (χ0) is 15.6. The van der Waals surface area contributed by atoms with E-state index in [1.807, 2.05) is 39.0 Å². The molecule has 0 aromatic heterocycles. The Morgan fingerprint density at radius 3 is 2.43 bits per heavy atom. The zero-order valence-electron chi connectivity index (χ0n) is 12.4. The molecule has 0 amide bonds. The van der Waals surface area contributed by atoms with E-state index in [1.165, 1.54) is 0 Å². The molecule has 0 heterocycles. The Kier molecular flexibility index (Phi) is 4.34. The molecule has 0 aliphatic heterocycles. The van der Waals surface area contributed by atoms with Gasteiger partial charge in [-0.1, -0.05) is 29.8 Å². The number of nitrogens with one attached hydrogen (secondary N) is 1. The van der Waals surface area contributed by atoms with E-state index in [2.05, 4.69) is 4.72 Å². The monoisotopic (exact) mass is 304 g/mol. The second-order valence-electron chi connectivity index (χ2n) is 5.29. The van der Waals surface area contributed by atoms with Crippen molar-refractivity contribution in [2.75, 3.05) is 4.72 Å². The Bertz CT molecular complexity index is 753. The third-order valence-corrected chi connectivity index (χ3v) is 4.68. The Hall–Kier alpha value is -1.85.